The average Bonchev–Trinajstić information content (AvgIpc) is 3.39. The first kappa shape index (κ1) is 18.2. The zero-order valence-corrected chi connectivity index (χ0v) is 16.6. The number of hydrogen-bond acceptors (Lipinski definition) is 4. The lowest BCUT2D eigenvalue weighted by molar-refractivity contribution is 0.530. The van der Waals surface area contributed by atoms with Gasteiger partial charge in [-0.1, -0.05) is 11.3 Å². The maximum Gasteiger partial charge on any atom is 0.146 e. The Balaban J connectivity index is 1.74. The highest BCUT2D eigenvalue weighted by atomic mass is 19.1. The van der Waals surface area contributed by atoms with Crippen LogP contribution < -0.4 is 0 Å². The molecule has 0 saturated heterocycles. The Kier molecular flexibility index (Phi) is 4.35. The molecule has 0 aliphatic rings. The van der Waals surface area contributed by atoms with Crippen LogP contribution in [-0.2, 0) is 0 Å². The van der Waals surface area contributed by atoms with Crippen LogP contribution in [0.25, 0.3) is 39.4 Å². The van der Waals surface area contributed by atoms with Crippen LogP contribution in [0.5, 0.6) is 0 Å². The third-order valence-corrected chi connectivity index (χ3v) is 5.02. The van der Waals surface area contributed by atoms with Gasteiger partial charge in [0.15, 0.2) is 0 Å². The third-order valence-electron chi connectivity index (χ3n) is 5.02. The van der Waals surface area contributed by atoms with E-state index in [2.05, 4.69) is 40.2 Å². The molecule has 0 aliphatic heterocycles. The standard InChI is InChI=1S/C23H19FN6/c1-15(2)30-21-12-16(5-10-20(21)27-28-30)22-14-26-23(17-4-3-11-25-13-17)29(22)19-8-6-18(24)7-9-19/h3-15H,1-2H3. The molecule has 5 aromatic rings. The molecule has 7 heteroatoms. The van der Waals surface area contributed by atoms with Crippen LogP contribution in [0, 0.1) is 5.82 Å². The van der Waals surface area contributed by atoms with E-state index in [0.29, 0.717) is 0 Å². The molecular formula is C23H19FN6. The van der Waals surface area contributed by atoms with Crippen molar-refractivity contribution < 1.29 is 4.39 Å². The van der Waals surface area contributed by atoms with E-state index in [4.69, 9.17) is 0 Å². The summed E-state index contributed by atoms with van der Waals surface area (Å²) in [6.07, 6.45) is 5.33. The first-order chi connectivity index (χ1) is 14.6. The Labute approximate surface area is 172 Å². The van der Waals surface area contributed by atoms with E-state index < -0.39 is 0 Å². The SMILES string of the molecule is CC(C)n1nnc2ccc(-c3cnc(-c4cccnc4)n3-c3ccc(F)cc3)cc21. The van der Waals surface area contributed by atoms with Crippen LogP contribution in [0.1, 0.15) is 19.9 Å². The van der Waals surface area contributed by atoms with Gasteiger partial charge in [-0.15, -0.1) is 5.10 Å². The number of benzene rings is 2. The summed E-state index contributed by atoms with van der Waals surface area (Å²) >= 11 is 0. The van der Waals surface area contributed by atoms with Crippen molar-refractivity contribution in [2.75, 3.05) is 0 Å². The summed E-state index contributed by atoms with van der Waals surface area (Å²) in [5.74, 6) is 0.456. The van der Waals surface area contributed by atoms with Gasteiger partial charge in [-0.3, -0.25) is 9.55 Å². The molecule has 0 aliphatic carbocycles. The largest absolute Gasteiger partial charge is 0.292 e. The quantitative estimate of drug-likeness (QED) is 0.424. The molecular weight excluding hydrogens is 379 g/mol. The van der Waals surface area contributed by atoms with Crippen LogP contribution in [0.4, 0.5) is 4.39 Å². The molecule has 0 spiro atoms. The predicted octanol–water partition coefficient (Wildman–Crippen LogP) is 5.07. The van der Waals surface area contributed by atoms with Crippen LogP contribution in [0.15, 0.2) is 73.2 Å². The van der Waals surface area contributed by atoms with Crippen molar-refractivity contribution in [3.63, 3.8) is 0 Å². The molecule has 30 heavy (non-hydrogen) atoms. The number of aromatic nitrogens is 6. The van der Waals surface area contributed by atoms with Crippen molar-refractivity contribution in [3.8, 4) is 28.3 Å². The highest BCUT2D eigenvalue weighted by Gasteiger charge is 2.17. The van der Waals surface area contributed by atoms with Gasteiger partial charge in [-0.2, -0.15) is 0 Å². The number of rotatable bonds is 4. The summed E-state index contributed by atoms with van der Waals surface area (Å²) in [5, 5.41) is 8.53. The molecule has 0 atom stereocenters. The molecule has 3 aromatic heterocycles. The third kappa shape index (κ3) is 3.04. The first-order valence-corrected chi connectivity index (χ1v) is 9.71. The zero-order chi connectivity index (χ0) is 20.7. The Hall–Kier alpha value is -3.87. The number of hydrogen-bond donors (Lipinski definition) is 0. The molecule has 2 aromatic carbocycles. The maximum absolute atomic E-state index is 13.6. The second-order valence-corrected chi connectivity index (χ2v) is 7.35. The van der Waals surface area contributed by atoms with Gasteiger partial charge in [0.25, 0.3) is 0 Å². The molecule has 0 saturated carbocycles. The Morgan fingerprint density at radius 3 is 2.50 bits per heavy atom. The molecule has 6 nitrogen and oxygen atoms in total. The molecule has 0 amide bonds. The number of nitrogens with zero attached hydrogens (tertiary/aromatic N) is 6. The van der Waals surface area contributed by atoms with Gasteiger partial charge in [0.05, 0.1) is 17.4 Å². The van der Waals surface area contributed by atoms with Gasteiger partial charge in [-0.05, 0) is 62.4 Å². The summed E-state index contributed by atoms with van der Waals surface area (Å²) in [6, 6.07) is 16.5. The molecule has 0 bridgehead atoms. The molecule has 5 rings (SSSR count). The minimum absolute atomic E-state index is 0.193. The molecule has 3 heterocycles. The van der Waals surface area contributed by atoms with Crippen molar-refractivity contribution in [2.24, 2.45) is 0 Å². The summed E-state index contributed by atoms with van der Waals surface area (Å²) in [7, 11) is 0. The van der Waals surface area contributed by atoms with Gasteiger partial charge < -0.3 is 0 Å². The topological polar surface area (TPSA) is 61.4 Å². The average molecular weight is 398 g/mol. The first-order valence-electron chi connectivity index (χ1n) is 9.71. The van der Waals surface area contributed by atoms with E-state index in [0.717, 1.165) is 39.4 Å². The fourth-order valence-corrected chi connectivity index (χ4v) is 3.58. The lowest BCUT2D eigenvalue weighted by atomic mass is 10.1. The van der Waals surface area contributed by atoms with Gasteiger partial charge in [0, 0.05) is 35.2 Å². The van der Waals surface area contributed by atoms with Crippen molar-refractivity contribution in [1.82, 2.24) is 29.5 Å². The van der Waals surface area contributed by atoms with E-state index in [9.17, 15) is 4.39 Å². The lowest BCUT2D eigenvalue weighted by Crippen LogP contribution is -2.03. The smallest absolute Gasteiger partial charge is 0.146 e. The van der Waals surface area contributed by atoms with E-state index >= 15 is 0 Å². The van der Waals surface area contributed by atoms with Crippen LogP contribution in [-0.4, -0.2) is 29.5 Å². The van der Waals surface area contributed by atoms with Crippen LogP contribution >= 0.6 is 0 Å². The summed E-state index contributed by atoms with van der Waals surface area (Å²) in [4.78, 5) is 8.90. The highest BCUT2D eigenvalue weighted by molar-refractivity contribution is 5.82. The van der Waals surface area contributed by atoms with Crippen molar-refractivity contribution >= 4 is 11.0 Å². The maximum atomic E-state index is 13.6. The van der Waals surface area contributed by atoms with Gasteiger partial charge in [0.1, 0.15) is 17.2 Å². The van der Waals surface area contributed by atoms with Crippen LogP contribution in [0.3, 0.4) is 0 Å². The number of pyridine rings is 1. The minimum atomic E-state index is -0.281. The number of fused-ring (bicyclic) bond motifs is 1. The second-order valence-electron chi connectivity index (χ2n) is 7.35. The Morgan fingerprint density at radius 1 is 0.933 bits per heavy atom. The van der Waals surface area contributed by atoms with E-state index in [-0.39, 0.29) is 11.9 Å². The van der Waals surface area contributed by atoms with Crippen LogP contribution in [0.2, 0.25) is 0 Å². The fraction of sp³-hybridized carbons (Fsp3) is 0.130. The summed E-state index contributed by atoms with van der Waals surface area (Å²) in [5.41, 5.74) is 5.35. The normalized spacial score (nSPS) is 11.5. The highest BCUT2D eigenvalue weighted by Crippen LogP contribution is 2.31. The van der Waals surface area contributed by atoms with E-state index in [1.807, 2.05) is 39.7 Å². The molecule has 0 N–H and O–H groups in total. The molecule has 0 fully saturated rings. The van der Waals surface area contributed by atoms with Gasteiger partial charge in [-0.25, -0.2) is 14.1 Å². The predicted molar refractivity (Wildman–Crippen MR) is 114 cm³/mol. The van der Waals surface area contributed by atoms with Gasteiger partial charge >= 0.3 is 0 Å². The summed E-state index contributed by atoms with van der Waals surface area (Å²) < 4.78 is 17.5. The van der Waals surface area contributed by atoms with Gasteiger partial charge in [0.2, 0.25) is 0 Å². The lowest BCUT2D eigenvalue weighted by Gasteiger charge is -2.13. The number of imidazole rings is 1. The number of halogens is 1. The molecule has 0 unspecified atom stereocenters. The minimum Gasteiger partial charge on any atom is -0.292 e. The van der Waals surface area contributed by atoms with E-state index in [1.54, 1.807) is 24.5 Å². The second kappa shape index (κ2) is 7.18. The zero-order valence-electron chi connectivity index (χ0n) is 16.6. The fourth-order valence-electron chi connectivity index (χ4n) is 3.58. The van der Waals surface area contributed by atoms with Crippen molar-refractivity contribution in [3.05, 3.63) is 79.0 Å². The van der Waals surface area contributed by atoms with Crippen molar-refractivity contribution in [1.29, 1.82) is 0 Å². The monoisotopic (exact) mass is 398 g/mol. The summed E-state index contributed by atoms with van der Waals surface area (Å²) in [6.45, 7) is 4.15. The van der Waals surface area contributed by atoms with Crippen molar-refractivity contribution in [2.45, 2.75) is 19.9 Å². The van der Waals surface area contributed by atoms with E-state index in [1.165, 1.54) is 12.1 Å². The Bertz CT molecular complexity index is 1320. The molecule has 148 valence electrons. The Morgan fingerprint density at radius 2 is 1.77 bits per heavy atom. The molecule has 0 radical (unpaired) electrons.